The number of hydrogen-bond acceptors (Lipinski definition) is 3. The first-order chi connectivity index (χ1) is 6.76. The van der Waals surface area contributed by atoms with Gasteiger partial charge in [0, 0.05) is 21.2 Å². The molecule has 0 radical (unpaired) electrons. The summed E-state index contributed by atoms with van der Waals surface area (Å²) in [6.07, 6.45) is 0.784. The molecule has 14 heavy (non-hydrogen) atoms. The first-order valence-corrected chi connectivity index (χ1v) is 5.37. The van der Waals surface area contributed by atoms with Crippen LogP contribution in [0.5, 0.6) is 5.06 Å². The number of alkyl halides is 1. The van der Waals surface area contributed by atoms with Crippen LogP contribution in [-0.4, -0.2) is 11.4 Å². The van der Waals surface area contributed by atoms with Crippen LogP contribution in [0.15, 0.2) is 18.2 Å². The third-order valence-corrected chi connectivity index (χ3v) is 3.35. The molecule has 2 aromatic rings. The minimum Gasteiger partial charge on any atom is -0.499 e. The Morgan fingerprint density at radius 3 is 2.93 bits per heavy atom. The standard InChI is InChI=1S/C10H7ClO2S/c11-4-8-7-3-6(5-12)1-2-9(7)14-10(8)13/h1-3,5,13H,4H2. The fourth-order valence-corrected chi connectivity index (χ4v) is 2.65. The molecule has 0 bridgehead atoms. The molecule has 0 aliphatic carbocycles. The highest BCUT2D eigenvalue weighted by molar-refractivity contribution is 7.20. The smallest absolute Gasteiger partial charge is 0.176 e. The summed E-state index contributed by atoms with van der Waals surface area (Å²) in [6.45, 7) is 0. The summed E-state index contributed by atoms with van der Waals surface area (Å²) in [5.41, 5.74) is 1.30. The van der Waals surface area contributed by atoms with E-state index < -0.39 is 0 Å². The topological polar surface area (TPSA) is 37.3 Å². The van der Waals surface area contributed by atoms with Crippen LogP contribution in [0.25, 0.3) is 10.1 Å². The summed E-state index contributed by atoms with van der Waals surface area (Å²) in [7, 11) is 0. The average molecular weight is 227 g/mol. The van der Waals surface area contributed by atoms with Gasteiger partial charge in [0.1, 0.15) is 6.29 Å². The van der Waals surface area contributed by atoms with Crippen LogP contribution in [0.3, 0.4) is 0 Å². The maximum atomic E-state index is 10.6. The summed E-state index contributed by atoms with van der Waals surface area (Å²) in [5.74, 6) is 0.258. The van der Waals surface area contributed by atoms with E-state index in [9.17, 15) is 9.90 Å². The SMILES string of the molecule is O=Cc1ccc2sc(O)c(CCl)c2c1. The second-order valence-corrected chi connectivity index (χ2v) is 4.19. The van der Waals surface area contributed by atoms with Gasteiger partial charge in [-0.25, -0.2) is 0 Å². The molecule has 2 rings (SSSR count). The molecule has 72 valence electrons. The van der Waals surface area contributed by atoms with E-state index in [4.69, 9.17) is 11.6 Å². The average Bonchev–Trinajstić information content (AvgIpc) is 2.52. The summed E-state index contributed by atoms with van der Waals surface area (Å²) >= 11 is 6.98. The summed E-state index contributed by atoms with van der Waals surface area (Å²) in [5, 5.41) is 10.6. The Kier molecular flexibility index (Phi) is 2.44. The van der Waals surface area contributed by atoms with E-state index in [1.54, 1.807) is 12.1 Å². The van der Waals surface area contributed by atoms with E-state index in [2.05, 4.69) is 0 Å². The Morgan fingerprint density at radius 2 is 2.29 bits per heavy atom. The Labute approximate surface area is 89.7 Å². The van der Waals surface area contributed by atoms with Gasteiger partial charge in [0.05, 0.1) is 5.88 Å². The third kappa shape index (κ3) is 1.38. The van der Waals surface area contributed by atoms with Crippen molar-refractivity contribution in [1.82, 2.24) is 0 Å². The molecule has 0 saturated carbocycles. The molecule has 0 aliphatic heterocycles. The van der Waals surface area contributed by atoms with E-state index in [-0.39, 0.29) is 10.9 Å². The zero-order chi connectivity index (χ0) is 10.1. The van der Waals surface area contributed by atoms with Gasteiger partial charge in [-0.05, 0) is 12.1 Å². The van der Waals surface area contributed by atoms with Gasteiger partial charge in [0.25, 0.3) is 0 Å². The normalized spacial score (nSPS) is 10.6. The Hall–Kier alpha value is -1.06. The Bertz CT molecular complexity index is 490. The molecular weight excluding hydrogens is 220 g/mol. The molecule has 0 amide bonds. The van der Waals surface area contributed by atoms with Crippen LogP contribution in [0, 0.1) is 0 Å². The molecule has 0 atom stereocenters. The molecule has 0 fully saturated rings. The number of hydrogen-bond donors (Lipinski definition) is 1. The predicted molar refractivity (Wildman–Crippen MR) is 58.4 cm³/mol. The lowest BCUT2D eigenvalue weighted by Crippen LogP contribution is -1.79. The van der Waals surface area contributed by atoms with E-state index in [1.165, 1.54) is 11.3 Å². The van der Waals surface area contributed by atoms with Crippen molar-refractivity contribution in [1.29, 1.82) is 0 Å². The van der Waals surface area contributed by atoms with Gasteiger partial charge in [-0.3, -0.25) is 4.79 Å². The number of carbonyl (C=O) groups is 1. The molecule has 0 spiro atoms. The monoisotopic (exact) mass is 226 g/mol. The summed E-state index contributed by atoms with van der Waals surface area (Å²) in [4.78, 5) is 10.6. The summed E-state index contributed by atoms with van der Waals surface area (Å²) in [6, 6.07) is 5.29. The zero-order valence-corrected chi connectivity index (χ0v) is 8.73. The van der Waals surface area contributed by atoms with Gasteiger partial charge < -0.3 is 5.11 Å². The predicted octanol–water partition coefficient (Wildman–Crippen LogP) is 3.16. The number of fused-ring (bicyclic) bond motifs is 1. The molecule has 0 saturated heterocycles. The van der Waals surface area contributed by atoms with Crippen molar-refractivity contribution in [3.8, 4) is 5.06 Å². The third-order valence-electron chi connectivity index (χ3n) is 2.06. The highest BCUT2D eigenvalue weighted by Gasteiger charge is 2.10. The van der Waals surface area contributed by atoms with Gasteiger partial charge in [-0.1, -0.05) is 17.4 Å². The lowest BCUT2D eigenvalue weighted by molar-refractivity contribution is 0.112. The van der Waals surface area contributed by atoms with Crippen LogP contribution < -0.4 is 0 Å². The Morgan fingerprint density at radius 1 is 1.50 bits per heavy atom. The lowest BCUT2D eigenvalue weighted by Gasteiger charge is -1.94. The lowest BCUT2D eigenvalue weighted by atomic mass is 10.1. The fraction of sp³-hybridized carbons (Fsp3) is 0.100. The second kappa shape index (κ2) is 3.59. The first-order valence-electron chi connectivity index (χ1n) is 4.02. The van der Waals surface area contributed by atoms with Crippen molar-refractivity contribution in [2.24, 2.45) is 0 Å². The van der Waals surface area contributed by atoms with E-state index >= 15 is 0 Å². The van der Waals surface area contributed by atoms with E-state index in [1.807, 2.05) is 6.07 Å². The van der Waals surface area contributed by atoms with Crippen molar-refractivity contribution < 1.29 is 9.90 Å². The van der Waals surface area contributed by atoms with Gasteiger partial charge in [0.15, 0.2) is 5.06 Å². The minimum atomic E-state index is 0.234. The summed E-state index contributed by atoms with van der Waals surface area (Å²) < 4.78 is 0.948. The van der Waals surface area contributed by atoms with Gasteiger partial charge in [0.2, 0.25) is 0 Å². The second-order valence-electron chi connectivity index (χ2n) is 2.89. The minimum absolute atomic E-state index is 0.234. The van der Waals surface area contributed by atoms with Gasteiger partial charge >= 0.3 is 0 Å². The molecular formula is C10H7ClO2S. The molecule has 1 aromatic carbocycles. The van der Waals surface area contributed by atoms with Crippen LogP contribution in [0.1, 0.15) is 15.9 Å². The van der Waals surface area contributed by atoms with Crippen molar-refractivity contribution >= 4 is 39.3 Å². The number of aromatic hydroxyl groups is 1. The zero-order valence-electron chi connectivity index (χ0n) is 7.16. The van der Waals surface area contributed by atoms with Crippen molar-refractivity contribution in [3.63, 3.8) is 0 Å². The largest absolute Gasteiger partial charge is 0.499 e. The molecule has 4 heteroatoms. The first kappa shape index (κ1) is 9.49. The Balaban J connectivity index is 2.77. The maximum absolute atomic E-state index is 10.6. The number of benzene rings is 1. The van der Waals surface area contributed by atoms with Gasteiger partial charge in [-0.2, -0.15) is 0 Å². The highest BCUT2D eigenvalue weighted by atomic mass is 35.5. The fourth-order valence-electron chi connectivity index (χ4n) is 1.36. The van der Waals surface area contributed by atoms with Crippen LogP contribution in [0.2, 0.25) is 0 Å². The van der Waals surface area contributed by atoms with E-state index in [0.717, 1.165) is 16.4 Å². The number of halogens is 1. The number of rotatable bonds is 2. The van der Waals surface area contributed by atoms with Crippen LogP contribution >= 0.6 is 22.9 Å². The van der Waals surface area contributed by atoms with Crippen LogP contribution in [0.4, 0.5) is 0 Å². The van der Waals surface area contributed by atoms with E-state index in [0.29, 0.717) is 11.1 Å². The molecule has 1 aromatic heterocycles. The van der Waals surface area contributed by atoms with Gasteiger partial charge in [-0.15, -0.1) is 11.6 Å². The highest BCUT2D eigenvalue weighted by Crippen LogP contribution is 2.37. The molecule has 0 unspecified atom stereocenters. The molecule has 1 N–H and O–H groups in total. The molecule has 2 nitrogen and oxygen atoms in total. The quantitative estimate of drug-likeness (QED) is 0.631. The van der Waals surface area contributed by atoms with Crippen molar-refractivity contribution in [2.45, 2.75) is 5.88 Å². The molecule has 0 aliphatic rings. The maximum Gasteiger partial charge on any atom is 0.176 e. The van der Waals surface area contributed by atoms with Crippen molar-refractivity contribution in [3.05, 3.63) is 29.3 Å². The van der Waals surface area contributed by atoms with Crippen molar-refractivity contribution in [2.75, 3.05) is 0 Å². The molecule has 1 heterocycles. The number of aldehydes is 1. The number of thiophene rings is 1. The number of carbonyl (C=O) groups excluding carboxylic acids is 1. The van der Waals surface area contributed by atoms with Crippen LogP contribution in [-0.2, 0) is 5.88 Å².